The number of nitrogens with one attached hydrogen (secondary N) is 1. The fourth-order valence-electron chi connectivity index (χ4n) is 2.54. The molecule has 0 bridgehead atoms. The maximum atomic E-state index is 13.6. The number of alkyl halides is 3. The van der Waals surface area contributed by atoms with Gasteiger partial charge in [-0.3, -0.25) is 14.5 Å². The van der Waals surface area contributed by atoms with Gasteiger partial charge in [-0.15, -0.1) is 0 Å². The summed E-state index contributed by atoms with van der Waals surface area (Å²) in [6.45, 7) is 4.87. The minimum Gasteiger partial charge on any atom is -0.312 e. The molecule has 1 N–H and O–H groups in total. The van der Waals surface area contributed by atoms with Crippen LogP contribution in [0.25, 0.3) is 0 Å². The smallest absolute Gasteiger partial charge is 0.312 e. The maximum absolute atomic E-state index is 13.6. The van der Waals surface area contributed by atoms with Gasteiger partial charge in [-0.25, -0.2) is 4.99 Å². The lowest BCUT2D eigenvalue weighted by molar-refractivity contribution is -0.196. The largest absolute Gasteiger partial charge is 0.442 e. The topological polar surface area (TPSA) is 61.8 Å². The summed E-state index contributed by atoms with van der Waals surface area (Å²) in [6.07, 6.45) is -4.58. The summed E-state index contributed by atoms with van der Waals surface area (Å²) >= 11 is 0. The molecule has 8 heteroatoms. The van der Waals surface area contributed by atoms with Crippen LogP contribution in [-0.4, -0.2) is 40.9 Å². The number of nitrogens with zero attached hydrogens (tertiary/aromatic N) is 2. The van der Waals surface area contributed by atoms with Crippen molar-refractivity contribution in [1.82, 2.24) is 10.2 Å². The second kappa shape index (κ2) is 6.26. The van der Waals surface area contributed by atoms with Crippen molar-refractivity contribution in [3.8, 4) is 0 Å². The summed E-state index contributed by atoms with van der Waals surface area (Å²) in [4.78, 5) is 29.1. The molecule has 2 rings (SSSR count). The normalized spacial score (nSPS) is 21.0. The third-order valence-electron chi connectivity index (χ3n) is 3.71. The van der Waals surface area contributed by atoms with Crippen LogP contribution in [0.1, 0.15) is 36.2 Å². The molecule has 130 valence electrons. The molecule has 1 heterocycles. The van der Waals surface area contributed by atoms with Gasteiger partial charge in [0.2, 0.25) is 0 Å². The number of benzene rings is 1. The highest BCUT2D eigenvalue weighted by molar-refractivity contribution is 6.10. The molecule has 0 spiro atoms. The molecule has 0 aromatic heterocycles. The van der Waals surface area contributed by atoms with E-state index < -0.39 is 23.7 Å². The molecule has 5 nitrogen and oxygen atoms in total. The van der Waals surface area contributed by atoms with Gasteiger partial charge in [0.25, 0.3) is 11.8 Å². The summed E-state index contributed by atoms with van der Waals surface area (Å²) in [5.74, 6) is -2.35. The van der Waals surface area contributed by atoms with Crippen molar-refractivity contribution in [2.45, 2.75) is 39.0 Å². The number of carbonyl (C=O) groups excluding carboxylic acids is 2. The first-order valence-electron chi connectivity index (χ1n) is 7.46. The van der Waals surface area contributed by atoms with Crippen molar-refractivity contribution in [2.75, 3.05) is 6.54 Å². The molecule has 1 aromatic carbocycles. The fourth-order valence-corrected chi connectivity index (χ4v) is 2.54. The highest BCUT2D eigenvalue weighted by atomic mass is 19.4. The van der Waals surface area contributed by atoms with Gasteiger partial charge in [0, 0.05) is 12.1 Å². The van der Waals surface area contributed by atoms with Gasteiger partial charge in [-0.1, -0.05) is 24.6 Å². The van der Waals surface area contributed by atoms with Crippen LogP contribution >= 0.6 is 0 Å². The fraction of sp³-hybridized carbons (Fsp3) is 0.438. The van der Waals surface area contributed by atoms with Crippen molar-refractivity contribution < 1.29 is 22.8 Å². The molecule has 1 unspecified atom stereocenters. The van der Waals surface area contributed by atoms with Crippen molar-refractivity contribution in [2.24, 2.45) is 4.99 Å². The summed E-state index contributed by atoms with van der Waals surface area (Å²) < 4.78 is 40.9. The third-order valence-corrected chi connectivity index (χ3v) is 3.71. The Labute approximate surface area is 137 Å². The van der Waals surface area contributed by atoms with Crippen LogP contribution in [0.5, 0.6) is 0 Å². The van der Waals surface area contributed by atoms with Crippen LogP contribution in [-0.2, 0) is 4.79 Å². The second-order valence-electron chi connectivity index (χ2n) is 5.65. The Morgan fingerprint density at radius 3 is 2.54 bits per heavy atom. The highest BCUT2D eigenvalue weighted by Gasteiger charge is 2.66. The summed E-state index contributed by atoms with van der Waals surface area (Å²) in [5.41, 5.74) is -2.52. The first kappa shape index (κ1) is 18.0. The van der Waals surface area contributed by atoms with Gasteiger partial charge in [-0.05, 0) is 32.4 Å². The Morgan fingerprint density at radius 2 is 2.00 bits per heavy atom. The molecule has 1 atom stereocenters. The van der Waals surface area contributed by atoms with Crippen LogP contribution in [0, 0.1) is 6.92 Å². The Bertz CT molecular complexity index is 700. The van der Waals surface area contributed by atoms with Gasteiger partial charge < -0.3 is 5.32 Å². The lowest BCUT2D eigenvalue weighted by Crippen LogP contribution is -2.63. The molecule has 0 saturated carbocycles. The Morgan fingerprint density at radius 1 is 1.33 bits per heavy atom. The van der Waals surface area contributed by atoms with E-state index in [9.17, 15) is 22.8 Å². The van der Waals surface area contributed by atoms with E-state index in [1.807, 2.05) is 0 Å². The number of amides is 2. The molecular formula is C16H18F3N3O2. The number of aryl methyl sites for hydroxylation is 1. The molecular weight excluding hydrogens is 323 g/mol. The first-order chi connectivity index (χ1) is 11.1. The van der Waals surface area contributed by atoms with E-state index in [4.69, 9.17) is 0 Å². The SMILES string of the molecule is CCCN1C(=O)C(NC(=O)c2cccc(C)c2)(C(F)(F)F)N=C1C. The number of aliphatic imine (C=N–C) groups is 1. The van der Waals surface area contributed by atoms with Crippen molar-refractivity contribution >= 4 is 17.6 Å². The van der Waals surface area contributed by atoms with E-state index in [2.05, 4.69) is 4.99 Å². The molecule has 1 aliphatic heterocycles. The molecule has 0 fully saturated rings. The zero-order chi connectivity index (χ0) is 18.1. The van der Waals surface area contributed by atoms with E-state index in [0.717, 1.165) is 4.90 Å². The van der Waals surface area contributed by atoms with Gasteiger partial charge >= 0.3 is 11.8 Å². The predicted octanol–water partition coefficient (Wildman–Crippen LogP) is 2.65. The van der Waals surface area contributed by atoms with E-state index >= 15 is 0 Å². The summed E-state index contributed by atoms with van der Waals surface area (Å²) in [6, 6.07) is 6.09. The minimum absolute atomic E-state index is 0.0354. The molecule has 2 amide bonds. The predicted molar refractivity (Wildman–Crippen MR) is 82.5 cm³/mol. The highest BCUT2D eigenvalue weighted by Crippen LogP contribution is 2.37. The number of halogens is 3. The maximum Gasteiger partial charge on any atom is 0.442 e. The Kier molecular flexibility index (Phi) is 4.68. The first-order valence-corrected chi connectivity index (χ1v) is 7.46. The molecule has 0 saturated heterocycles. The Balaban J connectivity index is 2.41. The quantitative estimate of drug-likeness (QED) is 0.915. The third kappa shape index (κ3) is 3.00. The number of rotatable bonds is 4. The average molecular weight is 341 g/mol. The van der Waals surface area contributed by atoms with Gasteiger partial charge in [0.05, 0.1) is 0 Å². The van der Waals surface area contributed by atoms with E-state index in [1.165, 1.54) is 19.1 Å². The summed E-state index contributed by atoms with van der Waals surface area (Å²) in [7, 11) is 0. The van der Waals surface area contributed by atoms with Crippen molar-refractivity contribution in [1.29, 1.82) is 0 Å². The lowest BCUT2D eigenvalue weighted by atomic mass is 10.1. The van der Waals surface area contributed by atoms with Crippen LogP contribution in [0.4, 0.5) is 13.2 Å². The molecule has 0 radical (unpaired) electrons. The average Bonchev–Trinajstić information content (AvgIpc) is 2.72. The Hall–Kier alpha value is -2.38. The van der Waals surface area contributed by atoms with E-state index in [1.54, 1.807) is 31.3 Å². The second-order valence-corrected chi connectivity index (χ2v) is 5.65. The van der Waals surface area contributed by atoms with Gasteiger partial charge in [0.15, 0.2) is 0 Å². The number of amidine groups is 1. The standard InChI is InChI=1S/C16H18F3N3O2/c1-4-8-22-11(3)20-15(14(22)24,16(17,18)19)21-13(23)12-7-5-6-10(2)9-12/h5-7,9H,4,8H2,1-3H3,(H,21,23). The van der Waals surface area contributed by atoms with Crippen LogP contribution < -0.4 is 5.32 Å². The number of hydrogen-bond donors (Lipinski definition) is 1. The lowest BCUT2D eigenvalue weighted by Gasteiger charge is -2.29. The molecule has 24 heavy (non-hydrogen) atoms. The van der Waals surface area contributed by atoms with E-state index in [-0.39, 0.29) is 17.9 Å². The van der Waals surface area contributed by atoms with Crippen LogP contribution in [0.3, 0.4) is 0 Å². The van der Waals surface area contributed by atoms with Crippen molar-refractivity contribution in [3.63, 3.8) is 0 Å². The summed E-state index contributed by atoms with van der Waals surface area (Å²) in [5, 5.41) is 1.80. The van der Waals surface area contributed by atoms with E-state index in [0.29, 0.717) is 12.0 Å². The minimum atomic E-state index is -5.05. The zero-order valence-electron chi connectivity index (χ0n) is 13.6. The van der Waals surface area contributed by atoms with Crippen LogP contribution in [0.2, 0.25) is 0 Å². The zero-order valence-corrected chi connectivity index (χ0v) is 13.6. The van der Waals surface area contributed by atoms with Gasteiger partial charge in [0.1, 0.15) is 5.84 Å². The molecule has 1 aromatic rings. The number of hydrogen-bond acceptors (Lipinski definition) is 3. The van der Waals surface area contributed by atoms with Crippen LogP contribution in [0.15, 0.2) is 29.3 Å². The van der Waals surface area contributed by atoms with Gasteiger partial charge in [-0.2, -0.15) is 13.2 Å². The molecule has 1 aliphatic rings. The molecule has 0 aliphatic carbocycles. The monoisotopic (exact) mass is 341 g/mol. The van der Waals surface area contributed by atoms with Crippen molar-refractivity contribution in [3.05, 3.63) is 35.4 Å². The number of carbonyl (C=O) groups is 2.